The minimum atomic E-state index is -0.368. The highest BCUT2D eigenvalue weighted by molar-refractivity contribution is 9.10. The van der Waals surface area contributed by atoms with Crippen molar-refractivity contribution in [2.75, 3.05) is 0 Å². The second kappa shape index (κ2) is 5.85. The maximum Gasteiger partial charge on any atom is 0.343 e. The normalized spacial score (nSPS) is 16.6. The number of furan rings is 1. The number of ether oxygens (including phenoxy) is 1. The molecule has 1 aliphatic heterocycles. The molecular formula is C19H17BrO3. The lowest BCUT2D eigenvalue weighted by Crippen LogP contribution is -2.10. The maximum atomic E-state index is 12.0. The first kappa shape index (κ1) is 15.8. The quantitative estimate of drug-likeness (QED) is 0.528. The number of cyclic esters (lactones) is 1. The molecule has 3 nitrogen and oxygen atoms in total. The molecule has 23 heavy (non-hydrogen) atoms. The molecule has 4 heteroatoms. The van der Waals surface area contributed by atoms with Crippen LogP contribution in [-0.4, -0.2) is 5.97 Å². The van der Waals surface area contributed by atoms with Crippen LogP contribution >= 0.6 is 15.9 Å². The Balaban J connectivity index is 1.88. The van der Waals surface area contributed by atoms with E-state index in [4.69, 9.17) is 9.15 Å². The van der Waals surface area contributed by atoms with Crippen molar-refractivity contribution in [3.8, 4) is 0 Å². The van der Waals surface area contributed by atoms with Crippen molar-refractivity contribution in [2.45, 2.75) is 26.2 Å². The molecule has 1 aromatic heterocycles. The first-order valence-electron chi connectivity index (χ1n) is 7.35. The van der Waals surface area contributed by atoms with Crippen LogP contribution in [0.25, 0.3) is 11.8 Å². The second-order valence-corrected chi connectivity index (χ2v) is 7.25. The van der Waals surface area contributed by atoms with Crippen molar-refractivity contribution in [1.82, 2.24) is 0 Å². The van der Waals surface area contributed by atoms with E-state index < -0.39 is 0 Å². The van der Waals surface area contributed by atoms with Gasteiger partial charge in [-0.2, -0.15) is 0 Å². The van der Waals surface area contributed by atoms with Crippen molar-refractivity contribution < 1.29 is 13.9 Å². The van der Waals surface area contributed by atoms with Gasteiger partial charge >= 0.3 is 5.97 Å². The summed E-state index contributed by atoms with van der Waals surface area (Å²) in [4.78, 5) is 12.0. The summed E-state index contributed by atoms with van der Waals surface area (Å²) >= 11 is 3.24. The SMILES string of the molecule is CC(C)(C)c1ccc(C2=C/C(=C\c3ccc(Br)o3)C(=O)O2)cc1. The average molecular weight is 373 g/mol. The predicted octanol–water partition coefficient (Wildman–Crippen LogP) is 5.32. The molecule has 0 atom stereocenters. The molecule has 1 aromatic carbocycles. The lowest BCUT2D eigenvalue weighted by Gasteiger charge is -2.19. The molecule has 0 radical (unpaired) electrons. The van der Waals surface area contributed by atoms with Crippen molar-refractivity contribution in [1.29, 1.82) is 0 Å². The zero-order valence-electron chi connectivity index (χ0n) is 13.2. The zero-order valence-corrected chi connectivity index (χ0v) is 14.8. The zero-order chi connectivity index (χ0) is 16.6. The van der Waals surface area contributed by atoms with Gasteiger partial charge < -0.3 is 9.15 Å². The topological polar surface area (TPSA) is 39.4 Å². The Morgan fingerprint density at radius 2 is 1.74 bits per heavy atom. The number of carbonyl (C=O) groups excluding carboxylic acids is 1. The van der Waals surface area contributed by atoms with Crippen LogP contribution in [0.3, 0.4) is 0 Å². The first-order valence-corrected chi connectivity index (χ1v) is 8.14. The molecule has 2 heterocycles. The third-order valence-corrected chi connectivity index (χ3v) is 4.08. The van der Waals surface area contributed by atoms with Gasteiger partial charge in [-0.3, -0.25) is 0 Å². The molecule has 0 spiro atoms. The highest BCUT2D eigenvalue weighted by Gasteiger charge is 2.23. The molecule has 2 aromatic rings. The Hall–Kier alpha value is -2.07. The summed E-state index contributed by atoms with van der Waals surface area (Å²) in [6.07, 6.45) is 3.41. The van der Waals surface area contributed by atoms with Gasteiger partial charge in [0.05, 0.1) is 5.57 Å². The minimum Gasteiger partial charge on any atom is -0.450 e. The second-order valence-electron chi connectivity index (χ2n) is 6.47. The number of carbonyl (C=O) groups is 1. The minimum absolute atomic E-state index is 0.0942. The third kappa shape index (κ3) is 3.48. The number of halogens is 1. The van der Waals surface area contributed by atoms with Crippen LogP contribution in [0, 0.1) is 0 Å². The number of rotatable bonds is 2. The molecule has 0 bridgehead atoms. The van der Waals surface area contributed by atoms with Gasteiger partial charge in [-0.05, 0) is 51.2 Å². The van der Waals surface area contributed by atoms with E-state index in [0.29, 0.717) is 21.8 Å². The number of esters is 1. The van der Waals surface area contributed by atoms with Crippen LogP contribution in [-0.2, 0) is 14.9 Å². The van der Waals surface area contributed by atoms with Crippen molar-refractivity contribution in [3.63, 3.8) is 0 Å². The molecule has 0 saturated carbocycles. The predicted molar refractivity (Wildman–Crippen MR) is 93.6 cm³/mol. The third-order valence-electron chi connectivity index (χ3n) is 3.65. The van der Waals surface area contributed by atoms with Gasteiger partial charge in [0.15, 0.2) is 4.67 Å². The Labute approximate surface area is 143 Å². The summed E-state index contributed by atoms with van der Waals surface area (Å²) < 4.78 is 11.4. The summed E-state index contributed by atoms with van der Waals surface area (Å²) in [7, 11) is 0. The van der Waals surface area contributed by atoms with Gasteiger partial charge in [-0.1, -0.05) is 45.0 Å². The fourth-order valence-electron chi connectivity index (χ4n) is 2.32. The van der Waals surface area contributed by atoms with Crippen molar-refractivity contribution in [2.24, 2.45) is 0 Å². The van der Waals surface area contributed by atoms with Crippen LogP contribution < -0.4 is 0 Å². The summed E-state index contributed by atoms with van der Waals surface area (Å²) in [5.74, 6) is 0.796. The lowest BCUT2D eigenvalue weighted by atomic mass is 9.86. The highest BCUT2D eigenvalue weighted by atomic mass is 79.9. The molecule has 1 aliphatic rings. The molecule has 0 saturated heterocycles. The fraction of sp³-hybridized carbons (Fsp3) is 0.211. The van der Waals surface area contributed by atoms with E-state index in [1.807, 2.05) is 12.1 Å². The van der Waals surface area contributed by atoms with E-state index in [2.05, 4.69) is 48.8 Å². The van der Waals surface area contributed by atoms with Crippen LogP contribution in [0.15, 0.2) is 57.1 Å². The van der Waals surface area contributed by atoms with Crippen LogP contribution in [0.5, 0.6) is 0 Å². The average Bonchev–Trinajstić information content (AvgIpc) is 3.05. The fourth-order valence-corrected chi connectivity index (χ4v) is 2.64. The van der Waals surface area contributed by atoms with Gasteiger partial charge in [0.25, 0.3) is 0 Å². The Bertz CT molecular complexity index is 802. The summed E-state index contributed by atoms with van der Waals surface area (Å²) in [5, 5.41) is 0. The summed E-state index contributed by atoms with van der Waals surface area (Å²) in [6, 6.07) is 11.7. The maximum absolute atomic E-state index is 12.0. The Morgan fingerprint density at radius 1 is 1.04 bits per heavy atom. The Morgan fingerprint density at radius 3 is 2.30 bits per heavy atom. The molecule has 0 amide bonds. The molecule has 0 unspecified atom stereocenters. The van der Waals surface area contributed by atoms with Gasteiger partial charge in [-0.15, -0.1) is 0 Å². The van der Waals surface area contributed by atoms with Crippen LogP contribution in [0.1, 0.15) is 37.7 Å². The highest BCUT2D eigenvalue weighted by Crippen LogP contribution is 2.30. The van der Waals surface area contributed by atoms with E-state index in [-0.39, 0.29) is 11.4 Å². The molecule has 0 N–H and O–H groups in total. The molecule has 0 aliphatic carbocycles. The number of hydrogen-bond acceptors (Lipinski definition) is 3. The van der Waals surface area contributed by atoms with E-state index in [0.717, 1.165) is 5.56 Å². The van der Waals surface area contributed by atoms with Gasteiger partial charge in [0, 0.05) is 5.56 Å². The largest absolute Gasteiger partial charge is 0.450 e. The number of benzene rings is 1. The standard InChI is InChI=1S/C19H17BrO3/c1-19(2,3)14-6-4-12(5-7-14)16-11-13(18(21)23-16)10-15-8-9-17(20)22-15/h4-11H,1-3H3/b13-10+. The van der Waals surface area contributed by atoms with E-state index in [1.54, 1.807) is 24.3 Å². The molecule has 0 fully saturated rings. The van der Waals surface area contributed by atoms with Crippen molar-refractivity contribution in [3.05, 3.63) is 69.6 Å². The van der Waals surface area contributed by atoms with E-state index >= 15 is 0 Å². The summed E-state index contributed by atoms with van der Waals surface area (Å²) in [6.45, 7) is 6.50. The van der Waals surface area contributed by atoms with Gasteiger partial charge in [0.1, 0.15) is 11.5 Å². The lowest BCUT2D eigenvalue weighted by molar-refractivity contribution is -0.130. The first-order chi connectivity index (χ1) is 10.8. The van der Waals surface area contributed by atoms with E-state index in [1.165, 1.54) is 5.56 Å². The number of hydrogen-bond donors (Lipinski definition) is 0. The molecular weight excluding hydrogens is 356 g/mol. The van der Waals surface area contributed by atoms with Gasteiger partial charge in [0.2, 0.25) is 0 Å². The Kier molecular flexibility index (Phi) is 4.02. The van der Waals surface area contributed by atoms with Gasteiger partial charge in [-0.25, -0.2) is 4.79 Å². The monoisotopic (exact) mass is 372 g/mol. The summed E-state index contributed by atoms with van der Waals surface area (Å²) in [5.41, 5.74) is 2.69. The van der Waals surface area contributed by atoms with Crippen LogP contribution in [0.4, 0.5) is 0 Å². The van der Waals surface area contributed by atoms with Crippen molar-refractivity contribution >= 4 is 33.7 Å². The molecule has 3 rings (SSSR count). The smallest absolute Gasteiger partial charge is 0.343 e. The van der Waals surface area contributed by atoms with Crippen LogP contribution in [0.2, 0.25) is 0 Å². The van der Waals surface area contributed by atoms with E-state index in [9.17, 15) is 4.79 Å². The molecule has 118 valence electrons.